The van der Waals surface area contributed by atoms with Crippen molar-refractivity contribution in [3.05, 3.63) is 30.5 Å². The first-order valence-corrected chi connectivity index (χ1v) is 5.68. The van der Waals surface area contributed by atoms with E-state index in [1.165, 1.54) is 0 Å². The number of likely N-dealkylation sites (N-methyl/N-ethyl adjacent to an activating group) is 2. The van der Waals surface area contributed by atoms with Gasteiger partial charge in [-0.2, -0.15) is 0 Å². The van der Waals surface area contributed by atoms with Gasteiger partial charge in [0.1, 0.15) is 0 Å². The highest BCUT2D eigenvalue weighted by molar-refractivity contribution is 5.97. The summed E-state index contributed by atoms with van der Waals surface area (Å²) in [5.41, 5.74) is 8.46. The summed E-state index contributed by atoms with van der Waals surface area (Å²) in [5, 5.41) is 3.49. The molecule has 1 heterocycles. The van der Waals surface area contributed by atoms with E-state index in [0.717, 1.165) is 16.6 Å². The van der Waals surface area contributed by atoms with Crippen LogP contribution in [0.1, 0.15) is 0 Å². The van der Waals surface area contributed by atoms with Gasteiger partial charge in [-0.1, -0.05) is 0 Å². The van der Waals surface area contributed by atoms with Crippen LogP contribution < -0.4 is 16.0 Å². The summed E-state index contributed by atoms with van der Waals surface area (Å²) in [4.78, 5) is 17.4. The van der Waals surface area contributed by atoms with Gasteiger partial charge in [0.2, 0.25) is 5.91 Å². The molecule has 0 aliphatic rings. The predicted octanol–water partition coefficient (Wildman–Crippen LogP) is 0.999. The Morgan fingerprint density at radius 3 is 2.94 bits per heavy atom. The van der Waals surface area contributed by atoms with E-state index < -0.39 is 0 Å². The van der Waals surface area contributed by atoms with E-state index >= 15 is 0 Å². The third-order valence-electron chi connectivity index (χ3n) is 2.87. The quantitative estimate of drug-likeness (QED) is 0.790. The molecule has 2 rings (SSSR count). The molecule has 18 heavy (non-hydrogen) atoms. The largest absolute Gasteiger partial charge is 0.396 e. The van der Waals surface area contributed by atoms with Crippen molar-refractivity contribution in [2.45, 2.75) is 0 Å². The molecule has 94 valence electrons. The number of benzene rings is 1. The molecule has 5 heteroatoms. The summed E-state index contributed by atoms with van der Waals surface area (Å²) in [7, 11) is 3.45. The smallest absolute Gasteiger partial charge is 0.239 e. The number of nitrogens with zero attached hydrogens (tertiary/aromatic N) is 2. The predicted molar refractivity (Wildman–Crippen MR) is 73.5 cm³/mol. The molecule has 3 N–H and O–H groups in total. The van der Waals surface area contributed by atoms with Gasteiger partial charge in [0.25, 0.3) is 0 Å². The molecule has 1 aromatic carbocycles. The van der Waals surface area contributed by atoms with Crippen LogP contribution in [0.5, 0.6) is 0 Å². The first kappa shape index (κ1) is 12.2. The Bertz CT molecular complexity index is 582. The Morgan fingerprint density at radius 2 is 2.22 bits per heavy atom. The third-order valence-corrected chi connectivity index (χ3v) is 2.87. The highest BCUT2D eigenvalue weighted by Gasteiger charge is 2.11. The van der Waals surface area contributed by atoms with Gasteiger partial charge in [0.15, 0.2) is 0 Å². The van der Waals surface area contributed by atoms with Gasteiger partial charge in [-0.15, -0.1) is 0 Å². The Labute approximate surface area is 106 Å². The lowest BCUT2D eigenvalue weighted by Gasteiger charge is -2.20. The van der Waals surface area contributed by atoms with Crippen LogP contribution in [0.25, 0.3) is 10.9 Å². The average molecular weight is 244 g/mol. The summed E-state index contributed by atoms with van der Waals surface area (Å²) in [6, 6.07) is 7.56. The van der Waals surface area contributed by atoms with Gasteiger partial charge in [-0.3, -0.25) is 9.78 Å². The average Bonchev–Trinajstić information content (AvgIpc) is 2.39. The normalized spacial score (nSPS) is 10.3. The van der Waals surface area contributed by atoms with E-state index in [9.17, 15) is 4.79 Å². The van der Waals surface area contributed by atoms with Crippen molar-refractivity contribution in [3.8, 4) is 0 Å². The van der Waals surface area contributed by atoms with Crippen molar-refractivity contribution in [2.24, 2.45) is 0 Å². The van der Waals surface area contributed by atoms with Crippen molar-refractivity contribution in [2.75, 3.05) is 31.3 Å². The Balaban J connectivity index is 2.39. The zero-order valence-corrected chi connectivity index (χ0v) is 10.5. The van der Waals surface area contributed by atoms with Crippen LogP contribution in [-0.2, 0) is 4.79 Å². The highest BCUT2D eigenvalue weighted by atomic mass is 16.1. The SMILES string of the molecule is CNC(=O)CN(C)c1ccc2ncccc2c1N. The third kappa shape index (κ3) is 2.20. The molecule has 0 atom stereocenters. The lowest BCUT2D eigenvalue weighted by Crippen LogP contribution is -2.33. The molecule has 0 radical (unpaired) electrons. The summed E-state index contributed by atoms with van der Waals surface area (Å²) in [6.07, 6.45) is 1.73. The fraction of sp³-hybridized carbons (Fsp3) is 0.231. The second-order valence-corrected chi connectivity index (χ2v) is 4.10. The maximum absolute atomic E-state index is 11.4. The number of carbonyl (C=O) groups is 1. The van der Waals surface area contributed by atoms with Gasteiger partial charge >= 0.3 is 0 Å². The first-order chi connectivity index (χ1) is 8.63. The maximum atomic E-state index is 11.4. The number of hydrogen-bond acceptors (Lipinski definition) is 4. The molecule has 0 aliphatic carbocycles. The van der Waals surface area contributed by atoms with Crippen molar-refractivity contribution in [1.82, 2.24) is 10.3 Å². The molecule has 0 fully saturated rings. The van der Waals surface area contributed by atoms with Gasteiger partial charge in [0, 0.05) is 25.7 Å². The highest BCUT2D eigenvalue weighted by Crippen LogP contribution is 2.29. The van der Waals surface area contributed by atoms with Crippen molar-refractivity contribution >= 4 is 28.2 Å². The van der Waals surface area contributed by atoms with Crippen molar-refractivity contribution in [3.63, 3.8) is 0 Å². The second kappa shape index (κ2) is 4.91. The van der Waals surface area contributed by atoms with E-state index in [0.29, 0.717) is 5.69 Å². The summed E-state index contributed by atoms with van der Waals surface area (Å²) in [6.45, 7) is 0.270. The van der Waals surface area contributed by atoms with Crippen LogP contribution in [0.4, 0.5) is 11.4 Å². The number of aromatic nitrogens is 1. The van der Waals surface area contributed by atoms with Crippen LogP contribution >= 0.6 is 0 Å². The number of nitrogen functional groups attached to an aromatic ring is 1. The number of fused-ring (bicyclic) bond motifs is 1. The van der Waals surface area contributed by atoms with Gasteiger partial charge in [-0.25, -0.2) is 0 Å². The number of anilines is 2. The van der Waals surface area contributed by atoms with Gasteiger partial charge in [-0.05, 0) is 24.3 Å². The van der Waals surface area contributed by atoms with E-state index in [2.05, 4.69) is 10.3 Å². The Morgan fingerprint density at radius 1 is 1.44 bits per heavy atom. The first-order valence-electron chi connectivity index (χ1n) is 5.68. The van der Waals surface area contributed by atoms with Gasteiger partial charge < -0.3 is 16.0 Å². The van der Waals surface area contributed by atoms with Crippen LogP contribution in [0, 0.1) is 0 Å². The molecule has 0 aliphatic heterocycles. The number of pyridine rings is 1. The summed E-state index contributed by atoms with van der Waals surface area (Å²) in [5.74, 6) is -0.0526. The standard InChI is InChI=1S/C13H16N4O/c1-15-12(18)8-17(2)11-6-5-10-9(13(11)14)4-3-7-16-10/h3-7H,8,14H2,1-2H3,(H,15,18). The monoisotopic (exact) mass is 244 g/mol. The molecule has 0 saturated heterocycles. The number of rotatable bonds is 3. The maximum Gasteiger partial charge on any atom is 0.239 e. The van der Waals surface area contributed by atoms with E-state index in [1.807, 2.05) is 36.2 Å². The molecule has 0 spiro atoms. The van der Waals surface area contributed by atoms with E-state index in [-0.39, 0.29) is 12.5 Å². The van der Waals surface area contributed by atoms with E-state index in [1.54, 1.807) is 13.2 Å². The Hall–Kier alpha value is -2.30. The molecule has 5 nitrogen and oxygen atoms in total. The number of nitrogens with two attached hydrogens (primary N) is 1. The molecule has 0 bridgehead atoms. The molecule has 2 aromatic rings. The fourth-order valence-corrected chi connectivity index (χ4v) is 1.88. The topological polar surface area (TPSA) is 71.2 Å². The molecule has 0 unspecified atom stereocenters. The van der Waals surface area contributed by atoms with E-state index in [4.69, 9.17) is 5.73 Å². The minimum Gasteiger partial charge on any atom is -0.396 e. The lowest BCUT2D eigenvalue weighted by atomic mass is 10.1. The molecule has 1 aromatic heterocycles. The number of nitrogens with one attached hydrogen (secondary N) is 1. The van der Waals surface area contributed by atoms with Gasteiger partial charge in [0.05, 0.1) is 23.4 Å². The zero-order chi connectivity index (χ0) is 13.1. The number of carbonyl (C=O) groups excluding carboxylic acids is 1. The Kier molecular flexibility index (Phi) is 3.32. The fourth-order valence-electron chi connectivity index (χ4n) is 1.88. The minimum atomic E-state index is -0.0526. The number of hydrogen-bond donors (Lipinski definition) is 2. The molecule has 1 amide bonds. The van der Waals surface area contributed by atoms with Crippen LogP contribution in [0.3, 0.4) is 0 Å². The zero-order valence-electron chi connectivity index (χ0n) is 10.5. The van der Waals surface area contributed by atoms with Crippen molar-refractivity contribution in [1.29, 1.82) is 0 Å². The lowest BCUT2D eigenvalue weighted by molar-refractivity contribution is -0.119. The summed E-state index contributed by atoms with van der Waals surface area (Å²) >= 11 is 0. The number of amides is 1. The molecule has 0 saturated carbocycles. The molecular weight excluding hydrogens is 228 g/mol. The molecular formula is C13H16N4O. The van der Waals surface area contributed by atoms with Crippen LogP contribution in [0.2, 0.25) is 0 Å². The van der Waals surface area contributed by atoms with Crippen molar-refractivity contribution < 1.29 is 4.79 Å². The minimum absolute atomic E-state index is 0.0526. The summed E-state index contributed by atoms with van der Waals surface area (Å²) < 4.78 is 0. The second-order valence-electron chi connectivity index (χ2n) is 4.10. The van der Waals surface area contributed by atoms with Crippen LogP contribution in [-0.4, -0.2) is 31.5 Å². The van der Waals surface area contributed by atoms with Crippen LogP contribution in [0.15, 0.2) is 30.5 Å².